The van der Waals surface area contributed by atoms with E-state index in [0.29, 0.717) is 6.54 Å². The molecule has 0 spiro atoms. The molecule has 0 amide bonds. The highest BCUT2D eigenvalue weighted by molar-refractivity contribution is 9.10. The van der Waals surface area contributed by atoms with Crippen molar-refractivity contribution in [2.75, 3.05) is 5.32 Å². The number of aromatic nitrogens is 1. The number of benzene rings is 1. The summed E-state index contributed by atoms with van der Waals surface area (Å²) in [6, 6.07) is 8.00. The van der Waals surface area contributed by atoms with Gasteiger partial charge in [-0.1, -0.05) is 22.0 Å². The number of oxazole rings is 1. The standard InChI is InChI=1S/C12H13BrN2O/c1-8-9(2)16-12(15-8)7-14-11-5-3-4-10(13)6-11/h3-6,14H,7H2,1-2H3. The molecular weight excluding hydrogens is 268 g/mol. The van der Waals surface area contributed by atoms with Crippen molar-refractivity contribution in [2.45, 2.75) is 20.4 Å². The molecule has 2 rings (SSSR count). The molecule has 0 unspecified atom stereocenters. The Hall–Kier alpha value is -1.29. The maximum Gasteiger partial charge on any atom is 0.213 e. The Morgan fingerprint density at radius 2 is 2.19 bits per heavy atom. The first-order chi connectivity index (χ1) is 7.65. The van der Waals surface area contributed by atoms with Gasteiger partial charge in [-0.2, -0.15) is 0 Å². The van der Waals surface area contributed by atoms with E-state index in [9.17, 15) is 0 Å². The molecule has 2 aromatic rings. The minimum atomic E-state index is 0.602. The van der Waals surface area contributed by atoms with E-state index in [1.54, 1.807) is 0 Å². The maximum atomic E-state index is 5.48. The Labute approximate surface area is 103 Å². The van der Waals surface area contributed by atoms with Crippen LogP contribution in [0.5, 0.6) is 0 Å². The van der Waals surface area contributed by atoms with Gasteiger partial charge in [-0.15, -0.1) is 0 Å². The van der Waals surface area contributed by atoms with Crippen molar-refractivity contribution in [3.8, 4) is 0 Å². The predicted molar refractivity (Wildman–Crippen MR) is 67.4 cm³/mol. The monoisotopic (exact) mass is 280 g/mol. The molecule has 1 aromatic carbocycles. The second kappa shape index (κ2) is 4.70. The lowest BCUT2D eigenvalue weighted by Crippen LogP contribution is -1.99. The van der Waals surface area contributed by atoms with Gasteiger partial charge in [0.15, 0.2) is 0 Å². The molecule has 1 aromatic heterocycles. The molecule has 0 aliphatic rings. The molecule has 16 heavy (non-hydrogen) atoms. The molecule has 1 N–H and O–H groups in total. The van der Waals surface area contributed by atoms with Crippen molar-refractivity contribution in [1.82, 2.24) is 4.98 Å². The highest BCUT2D eigenvalue weighted by atomic mass is 79.9. The van der Waals surface area contributed by atoms with E-state index < -0.39 is 0 Å². The SMILES string of the molecule is Cc1nc(CNc2cccc(Br)c2)oc1C. The zero-order valence-electron chi connectivity index (χ0n) is 9.25. The molecule has 3 nitrogen and oxygen atoms in total. The third-order valence-corrected chi connectivity index (χ3v) is 2.83. The van der Waals surface area contributed by atoms with E-state index in [2.05, 4.69) is 26.2 Å². The summed E-state index contributed by atoms with van der Waals surface area (Å²) < 4.78 is 6.53. The van der Waals surface area contributed by atoms with Crippen molar-refractivity contribution in [1.29, 1.82) is 0 Å². The summed E-state index contributed by atoms with van der Waals surface area (Å²) in [5, 5.41) is 3.26. The highest BCUT2D eigenvalue weighted by Crippen LogP contribution is 2.16. The zero-order valence-corrected chi connectivity index (χ0v) is 10.8. The van der Waals surface area contributed by atoms with Gasteiger partial charge in [-0.05, 0) is 32.0 Å². The quantitative estimate of drug-likeness (QED) is 0.932. The molecule has 0 saturated carbocycles. The molecule has 0 saturated heterocycles. The van der Waals surface area contributed by atoms with Crippen molar-refractivity contribution >= 4 is 21.6 Å². The summed E-state index contributed by atoms with van der Waals surface area (Å²) in [5.41, 5.74) is 1.99. The normalized spacial score (nSPS) is 10.4. The summed E-state index contributed by atoms with van der Waals surface area (Å²) in [6.45, 7) is 4.47. The highest BCUT2D eigenvalue weighted by Gasteiger charge is 2.04. The van der Waals surface area contributed by atoms with Crippen molar-refractivity contribution in [3.63, 3.8) is 0 Å². The second-order valence-electron chi connectivity index (χ2n) is 3.61. The molecule has 0 aliphatic heterocycles. The number of nitrogens with one attached hydrogen (secondary N) is 1. The van der Waals surface area contributed by atoms with Gasteiger partial charge in [0.05, 0.1) is 12.2 Å². The van der Waals surface area contributed by atoms with E-state index in [-0.39, 0.29) is 0 Å². The summed E-state index contributed by atoms with van der Waals surface area (Å²) in [5.74, 6) is 1.60. The molecule has 84 valence electrons. The van der Waals surface area contributed by atoms with Crippen LogP contribution in [-0.2, 0) is 6.54 Å². The largest absolute Gasteiger partial charge is 0.444 e. The van der Waals surface area contributed by atoms with Crippen LogP contribution >= 0.6 is 15.9 Å². The first-order valence-corrected chi connectivity index (χ1v) is 5.87. The van der Waals surface area contributed by atoms with Gasteiger partial charge >= 0.3 is 0 Å². The third-order valence-electron chi connectivity index (χ3n) is 2.34. The van der Waals surface area contributed by atoms with Gasteiger partial charge in [0, 0.05) is 10.2 Å². The van der Waals surface area contributed by atoms with E-state index >= 15 is 0 Å². The van der Waals surface area contributed by atoms with Crippen LogP contribution in [0.25, 0.3) is 0 Å². The summed E-state index contributed by atoms with van der Waals surface area (Å²) >= 11 is 3.43. The minimum absolute atomic E-state index is 0.602. The van der Waals surface area contributed by atoms with Crippen LogP contribution in [0.3, 0.4) is 0 Å². The number of aryl methyl sites for hydroxylation is 2. The summed E-state index contributed by atoms with van der Waals surface area (Å²) in [4.78, 5) is 4.31. The van der Waals surface area contributed by atoms with E-state index in [0.717, 1.165) is 27.5 Å². The van der Waals surface area contributed by atoms with Gasteiger partial charge in [0.1, 0.15) is 5.76 Å². The van der Waals surface area contributed by atoms with Crippen LogP contribution in [0, 0.1) is 13.8 Å². The van der Waals surface area contributed by atoms with E-state index in [1.165, 1.54) is 0 Å². The topological polar surface area (TPSA) is 38.1 Å². The predicted octanol–water partition coefficient (Wildman–Crippen LogP) is 3.67. The first kappa shape index (κ1) is 11.2. The lowest BCUT2D eigenvalue weighted by Gasteiger charge is -2.03. The Morgan fingerprint density at radius 1 is 1.38 bits per heavy atom. The van der Waals surface area contributed by atoms with E-state index in [1.807, 2.05) is 38.1 Å². The van der Waals surface area contributed by atoms with Gasteiger partial charge in [-0.25, -0.2) is 4.98 Å². The average molecular weight is 281 g/mol. The lowest BCUT2D eigenvalue weighted by atomic mass is 10.3. The molecule has 0 bridgehead atoms. The molecule has 4 heteroatoms. The van der Waals surface area contributed by atoms with Crippen molar-refractivity contribution < 1.29 is 4.42 Å². The Bertz CT molecular complexity index is 474. The summed E-state index contributed by atoms with van der Waals surface area (Å²) in [6.07, 6.45) is 0. The fraction of sp³-hybridized carbons (Fsp3) is 0.250. The third kappa shape index (κ3) is 2.64. The zero-order chi connectivity index (χ0) is 11.5. The Kier molecular flexibility index (Phi) is 3.29. The van der Waals surface area contributed by atoms with Gasteiger partial charge in [-0.3, -0.25) is 0 Å². The minimum Gasteiger partial charge on any atom is -0.444 e. The van der Waals surface area contributed by atoms with Crippen LogP contribution in [0.15, 0.2) is 33.2 Å². The molecule has 0 radical (unpaired) electrons. The smallest absolute Gasteiger partial charge is 0.213 e. The molecular formula is C12H13BrN2O. The van der Waals surface area contributed by atoms with Crippen LogP contribution in [-0.4, -0.2) is 4.98 Å². The van der Waals surface area contributed by atoms with Crippen molar-refractivity contribution in [2.24, 2.45) is 0 Å². The molecule has 1 heterocycles. The number of anilines is 1. The number of nitrogens with zero attached hydrogens (tertiary/aromatic N) is 1. The number of halogens is 1. The number of rotatable bonds is 3. The first-order valence-electron chi connectivity index (χ1n) is 5.07. The molecule has 0 atom stereocenters. The van der Waals surface area contributed by atoms with Crippen LogP contribution in [0.2, 0.25) is 0 Å². The van der Waals surface area contributed by atoms with Crippen LogP contribution in [0.1, 0.15) is 17.3 Å². The van der Waals surface area contributed by atoms with Gasteiger partial charge in [0.25, 0.3) is 0 Å². The maximum absolute atomic E-state index is 5.48. The number of hydrogen-bond donors (Lipinski definition) is 1. The van der Waals surface area contributed by atoms with Gasteiger partial charge < -0.3 is 9.73 Å². The average Bonchev–Trinajstić information content (AvgIpc) is 2.56. The van der Waals surface area contributed by atoms with Crippen molar-refractivity contribution in [3.05, 3.63) is 46.1 Å². The summed E-state index contributed by atoms with van der Waals surface area (Å²) in [7, 11) is 0. The fourth-order valence-corrected chi connectivity index (χ4v) is 1.79. The van der Waals surface area contributed by atoms with Crippen LogP contribution < -0.4 is 5.32 Å². The Balaban J connectivity index is 2.02. The molecule has 0 aliphatic carbocycles. The number of hydrogen-bond acceptors (Lipinski definition) is 3. The van der Waals surface area contributed by atoms with Gasteiger partial charge in [0.2, 0.25) is 5.89 Å². The molecule has 0 fully saturated rings. The second-order valence-corrected chi connectivity index (χ2v) is 4.53. The van der Waals surface area contributed by atoms with E-state index in [4.69, 9.17) is 4.42 Å². The fourth-order valence-electron chi connectivity index (χ4n) is 1.39. The lowest BCUT2D eigenvalue weighted by molar-refractivity contribution is 0.478. The van der Waals surface area contributed by atoms with Crippen LogP contribution in [0.4, 0.5) is 5.69 Å². The Morgan fingerprint density at radius 3 is 2.81 bits per heavy atom.